The fourth-order valence-electron chi connectivity index (χ4n) is 2.13. The fraction of sp³-hybridized carbons (Fsp3) is 0.167. The van der Waals surface area contributed by atoms with E-state index in [0.717, 1.165) is 11.4 Å². The molecule has 2 aromatic carbocycles. The first-order valence-corrected chi connectivity index (χ1v) is 8.75. The number of hydrogen-bond acceptors (Lipinski definition) is 6. The SMILES string of the molecule is CN1CC(Oc2ccccc2)=NC(SCC(=O)Nc2ccccc2)=N1. The monoisotopic (exact) mass is 354 g/mol. The molecule has 0 atom stereocenters. The molecule has 0 saturated heterocycles. The van der Waals surface area contributed by atoms with Crippen molar-refractivity contribution in [1.82, 2.24) is 5.01 Å². The average molecular weight is 354 g/mol. The van der Waals surface area contributed by atoms with Crippen LogP contribution in [0.2, 0.25) is 0 Å². The molecule has 7 heteroatoms. The van der Waals surface area contributed by atoms with Crippen molar-refractivity contribution in [2.45, 2.75) is 0 Å². The number of amidine groups is 1. The van der Waals surface area contributed by atoms with Crippen LogP contribution in [-0.2, 0) is 4.79 Å². The standard InChI is InChI=1S/C18H18N4O2S/c1-22-12-17(24-15-10-6-3-7-11-15)20-18(21-22)25-13-16(23)19-14-8-4-2-5-9-14/h2-11H,12-13H2,1H3,(H,19,23). The van der Waals surface area contributed by atoms with Gasteiger partial charge in [0.05, 0.1) is 5.75 Å². The number of carbonyl (C=O) groups is 1. The molecule has 1 heterocycles. The van der Waals surface area contributed by atoms with E-state index in [1.165, 1.54) is 11.8 Å². The quantitative estimate of drug-likeness (QED) is 0.916. The van der Waals surface area contributed by atoms with E-state index >= 15 is 0 Å². The highest BCUT2D eigenvalue weighted by atomic mass is 32.2. The third-order valence-electron chi connectivity index (χ3n) is 3.21. The molecule has 1 N–H and O–H groups in total. The minimum Gasteiger partial charge on any atom is -0.441 e. The molecular weight excluding hydrogens is 336 g/mol. The molecule has 0 spiro atoms. The summed E-state index contributed by atoms with van der Waals surface area (Å²) in [6, 6.07) is 18.8. The lowest BCUT2D eigenvalue weighted by Crippen LogP contribution is -2.31. The summed E-state index contributed by atoms with van der Waals surface area (Å²) in [6.45, 7) is 0.481. The van der Waals surface area contributed by atoms with Gasteiger partial charge in [0, 0.05) is 12.7 Å². The number of likely N-dealkylation sites (N-methyl/N-ethyl adjacent to an activating group) is 1. The van der Waals surface area contributed by atoms with Gasteiger partial charge in [-0.15, -0.1) is 5.10 Å². The van der Waals surface area contributed by atoms with Crippen molar-refractivity contribution in [1.29, 1.82) is 0 Å². The first-order valence-electron chi connectivity index (χ1n) is 7.77. The molecular formula is C18H18N4O2S. The molecule has 1 aliphatic heterocycles. The molecule has 0 unspecified atom stereocenters. The van der Waals surface area contributed by atoms with Crippen LogP contribution in [0.4, 0.5) is 5.69 Å². The number of carbonyl (C=O) groups excluding carboxylic acids is 1. The third kappa shape index (κ3) is 5.36. The number of aliphatic imine (C=N–C) groups is 1. The number of ether oxygens (including phenoxy) is 1. The van der Waals surface area contributed by atoms with E-state index in [0.29, 0.717) is 17.6 Å². The van der Waals surface area contributed by atoms with Crippen LogP contribution in [-0.4, -0.2) is 41.3 Å². The molecule has 0 saturated carbocycles. The van der Waals surface area contributed by atoms with Crippen LogP contribution < -0.4 is 10.1 Å². The van der Waals surface area contributed by atoms with Crippen molar-refractivity contribution in [2.75, 3.05) is 24.7 Å². The highest BCUT2D eigenvalue weighted by Gasteiger charge is 2.16. The maximum absolute atomic E-state index is 12.0. The zero-order chi connectivity index (χ0) is 17.5. The minimum absolute atomic E-state index is 0.104. The van der Waals surface area contributed by atoms with E-state index < -0.39 is 0 Å². The number of anilines is 1. The number of thioether (sulfide) groups is 1. The number of amides is 1. The van der Waals surface area contributed by atoms with Gasteiger partial charge in [-0.1, -0.05) is 48.2 Å². The number of nitrogens with zero attached hydrogens (tertiary/aromatic N) is 3. The topological polar surface area (TPSA) is 66.3 Å². The first kappa shape index (κ1) is 17.0. The van der Waals surface area contributed by atoms with Crippen molar-refractivity contribution in [3.63, 3.8) is 0 Å². The Bertz CT molecular complexity index is 778. The third-order valence-corrected chi connectivity index (χ3v) is 4.05. The Hall–Kier alpha value is -2.80. The smallest absolute Gasteiger partial charge is 0.234 e. The first-order chi connectivity index (χ1) is 12.2. The molecule has 0 aromatic heterocycles. The Morgan fingerprint density at radius 2 is 1.84 bits per heavy atom. The second-order valence-electron chi connectivity index (χ2n) is 5.32. The van der Waals surface area contributed by atoms with Crippen LogP contribution in [0.3, 0.4) is 0 Å². The summed E-state index contributed by atoms with van der Waals surface area (Å²) in [6.07, 6.45) is 0. The second-order valence-corrected chi connectivity index (χ2v) is 6.26. The molecule has 0 aliphatic carbocycles. The van der Waals surface area contributed by atoms with Gasteiger partial charge in [0.15, 0.2) is 0 Å². The second kappa shape index (κ2) is 8.34. The highest BCUT2D eigenvalue weighted by Crippen LogP contribution is 2.15. The Morgan fingerprint density at radius 1 is 1.16 bits per heavy atom. The molecule has 3 rings (SSSR count). The van der Waals surface area contributed by atoms with Crippen LogP contribution in [0.5, 0.6) is 5.75 Å². The van der Waals surface area contributed by atoms with Gasteiger partial charge in [0.2, 0.25) is 17.0 Å². The predicted octanol–water partition coefficient (Wildman–Crippen LogP) is 3.05. The summed E-state index contributed by atoms with van der Waals surface area (Å²) in [5, 5.41) is 9.40. The van der Waals surface area contributed by atoms with E-state index in [4.69, 9.17) is 4.74 Å². The number of rotatable bonds is 4. The summed E-state index contributed by atoms with van der Waals surface area (Å²) in [5.74, 6) is 1.40. The van der Waals surface area contributed by atoms with Crippen LogP contribution >= 0.6 is 11.8 Å². The number of para-hydroxylation sites is 2. The largest absolute Gasteiger partial charge is 0.441 e. The molecule has 0 bridgehead atoms. The van der Waals surface area contributed by atoms with E-state index in [1.54, 1.807) is 5.01 Å². The van der Waals surface area contributed by atoms with Crippen molar-refractivity contribution < 1.29 is 9.53 Å². The van der Waals surface area contributed by atoms with E-state index in [2.05, 4.69) is 15.4 Å². The lowest BCUT2D eigenvalue weighted by Gasteiger charge is -2.20. The zero-order valence-corrected chi connectivity index (χ0v) is 14.6. The van der Waals surface area contributed by atoms with Crippen molar-refractivity contribution in [3.05, 3.63) is 60.7 Å². The van der Waals surface area contributed by atoms with Gasteiger partial charge in [-0.3, -0.25) is 9.80 Å². The Kier molecular flexibility index (Phi) is 5.69. The Labute approximate surface area is 150 Å². The number of hydrogen-bond donors (Lipinski definition) is 1. The molecule has 1 aliphatic rings. The number of benzene rings is 2. The van der Waals surface area contributed by atoms with E-state index in [1.807, 2.05) is 67.7 Å². The zero-order valence-electron chi connectivity index (χ0n) is 13.8. The summed E-state index contributed by atoms with van der Waals surface area (Å²) >= 11 is 1.27. The highest BCUT2D eigenvalue weighted by molar-refractivity contribution is 8.14. The molecule has 2 aromatic rings. The van der Waals surface area contributed by atoms with Gasteiger partial charge >= 0.3 is 0 Å². The van der Waals surface area contributed by atoms with Crippen molar-refractivity contribution in [2.24, 2.45) is 10.1 Å². The predicted molar refractivity (Wildman–Crippen MR) is 102 cm³/mol. The normalized spacial score (nSPS) is 13.7. The van der Waals surface area contributed by atoms with E-state index in [9.17, 15) is 4.79 Å². The Morgan fingerprint density at radius 3 is 2.56 bits per heavy atom. The number of hydrazone groups is 1. The molecule has 0 radical (unpaired) electrons. The van der Waals surface area contributed by atoms with Crippen LogP contribution in [0.1, 0.15) is 0 Å². The van der Waals surface area contributed by atoms with Crippen LogP contribution in [0.15, 0.2) is 70.8 Å². The fourth-order valence-corrected chi connectivity index (χ4v) is 2.83. The van der Waals surface area contributed by atoms with Crippen molar-refractivity contribution >= 4 is 34.4 Å². The maximum atomic E-state index is 12.0. The van der Waals surface area contributed by atoms with Gasteiger partial charge in [-0.05, 0) is 24.3 Å². The van der Waals surface area contributed by atoms with Crippen molar-refractivity contribution in [3.8, 4) is 5.75 Å². The average Bonchev–Trinajstić information content (AvgIpc) is 2.61. The number of nitrogens with one attached hydrogen (secondary N) is 1. The lowest BCUT2D eigenvalue weighted by atomic mass is 10.3. The molecule has 1 amide bonds. The van der Waals surface area contributed by atoms with E-state index in [-0.39, 0.29) is 11.7 Å². The van der Waals surface area contributed by atoms with Crippen LogP contribution in [0.25, 0.3) is 0 Å². The minimum atomic E-state index is -0.104. The Balaban J connectivity index is 1.56. The lowest BCUT2D eigenvalue weighted by molar-refractivity contribution is -0.113. The summed E-state index contributed by atoms with van der Waals surface area (Å²) in [5.41, 5.74) is 0.771. The molecule has 25 heavy (non-hydrogen) atoms. The maximum Gasteiger partial charge on any atom is 0.234 e. The molecule has 6 nitrogen and oxygen atoms in total. The van der Waals surface area contributed by atoms with Gasteiger partial charge in [0.1, 0.15) is 12.3 Å². The van der Waals surface area contributed by atoms with Gasteiger partial charge in [-0.2, -0.15) is 4.99 Å². The van der Waals surface area contributed by atoms with Gasteiger partial charge in [-0.25, -0.2) is 0 Å². The summed E-state index contributed by atoms with van der Waals surface area (Å²) in [7, 11) is 1.84. The molecule has 0 fully saturated rings. The molecule has 128 valence electrons. The summed E-state index contributed by atoms with van der Waals surface area (Å²) < 4.78 is 5.77. The summed E-state index contributed by atoms with van der Waals surface area (Å²) in [4.78, 5) is 16.4. The van der Waals surface area contributed by atoms with Gasteiger partial charge < -0.3 is 10.1 Å². The van der Waals surface area contributed by atoms with Crippen LogP contribution in [0, 0.1) is 0 Å². The van der Waals surface area contributed by atoms with Gasteiger partial charge in [0.25, 0.3) is 0 Å².